The van der Waals surface area contributed by atoms with Crippen molar-refractivity contribution in [2.24, 2.45) is 0 Å². The Bertz CT molecular complexity index is 788. The largest absolute Gasteiger partial charge is 0.506 e. The number of benzene rings is 1. The summed E-state index contributed by atoms with van der Waals surface area (Å²) in [5.41, 5.74) is 0.981. The van der Waals surface area contributed by atoms with Crippen LogP contribution in [0.2, 0.25) is 0 Å². The monoisotopic (exact) mass is 302 g/mol. The van der Waals surface area contributed by atoms with Crippen LogP contribution in [-0.4, -0.2) is 43.8 Å². The highest BCUT2D eigenvalue weighted by atomic mass is 16.5. The van der Waals surface area contributed by atoms with Crippen LogP contribution in [0.25, 0.3) is 5.57 Å². The minimum atomic E-state index is -1.30. The molecular formula is C16H14O6. The van der Waals surface area contributed by atoms with E-state index in [1.807, 2.05) is 0 Å². The van der Waals surface area contributed by atoms with Crippen molar-refractivity contribution in [3.05, 3.63) is 52.5 Å². The molecule has 2 atom stereocenters. The molecule has 0 fully saturated rings. The van der Waals surface area contributed by atoms with E-state index >= 15 is 0 Å². The SMILES string of the molecule is OC1=C2OCC3(O)Cc4cc(O)c(O)cc4C3=C2C=CC1O. The van der Waals surface area contributed by atoms with Gasteiger partial charge in [-0.15, -0.1) is 0 Å². The van der Waals surface area contributed by atoms with Crippen LogP contribution < -0.4 is 0 Å². The lowest BCUT2D eigenvalue weighted by atomic mass is 9.85. The van der Waals surface area contributed by atoms with Crippen molar-refractivity contribution in [3.63, 3.8) is 0 Å². The van der Waals surface area contributed by atoms with Gasteiger partial charge in [-0.2, -0.15) is 0 Å². The van der Waals surface area contributed by atoms with Crippen molar-refractivity contribution in [2.75, 3.05) is 6.61 Å². The molecule has 0 saturated heterocycles. The summed E-state index contributed by atoms with van der Waals surface area (Å²) < 4.78 is 5.46. The molecule has 2 aliphatic carbocycles. The molecule has 0 spiro atoms. The van der Waals surface area contributed by atoms with E-state index in [2.05, 4.69) is 0 Å². The van der Waals surface area contributed by atoms with Crippen LogP contribution in [0.3, 0.4) is 0 Å². The van der Waals surface area contributed by atoms with Crippen LogP contribution in [0.15, 0.2) is 41.4 Å². The predicted octanol–water partition coefficient (Wildman–Crippen LogP) is 0.869. The zero-order valence-corrected chi connectivity index (χ0v) is 11.4. The molecule has 6 heteroatoms. The second-order valence-electron chi connectivity index (χ2n) is 5.80. The average Bonchev–Trinajstić information content (AvgIpc) is 2.75. The van der Waals surface area contributed by atoms with Gasteiger partial charge in [0.1, 0.15) is 18.3 Å². The number of aliphatic hydroxyl groups excluding tert-OH is 2. The standard InChI is InChI=1S/C16H14O6/c17-10-2-1-8-13-9-4-12(19)11(18)3-7(9)5-16(13,21)6-22-15(8)14(10)20/h1-4,10,17-21H,5-6H2. The van der Waals surface area contributed by atoms with E-state index in [9.17, 15) is 25.5 Å². The molecule has 22 heavy (non-hydrogen) atoms. The van der Waals surface area contributed by atoms with Crippen LogP contribution in [-0.2, 0) is 11.2 Å². The Morgan fingerprint density at radius 2 is 1.86 bits per heavy atom. The van der Waals surface area contributed by atoms with Crippen molar-refractivity contribution in [1.29, 1.82) is 0 Å². The number of allylic oxidation sites excluding steroid dienone is 1. The van der Waals surface area contributed by atoms with E-state index < -0.39 is 11.7 Å². The molecular weight excluding hydrogens is 288 g/mol. The van der Waals surface area contributed by atoms with Crippen molar-refractivity contribution in [3.8, 4) is 11.5 Å². The summed E-state index contributed by atoms with van der Waals surface area (Å²) >= 11 is 0. The molecule has 6 nitrogen and oxygen atoms in total. The fourth-order valence-corrected chi connectivity index (χ4v) is 3.34. The van der Waals surface area contributed by atoms with Crippen molar-refractivity contribution in [1.82, 2.24) is 0 Å². The first-order valence-corrected chi connectivity index (χ1v) is 6.85. The smallest absolute Gasteiger partial charge is 0.168 e. The Hall–Kier alpha value is -2.44. The number of aromatic hydroxyl groups is 2. The van der Waals surface area contributed by atoms with Crippen LogP contribution in [0, 0.1) is 0 Å². The molecule has 0 aromatic heterocycles. The van der Waals surface area contributed by atoms with Crippen LogP contribution in [0.4, 0.5) is 0 Å². The molecule has 0 radical (unpaired) electrons. The van der Waals surface area contributed by atoms with E-state index in [-0.39, 0.29) is 36.0 Å². The predicted molar refractivity (Wildman–Crippen MR) is 76.1 cm³/mol. The molecule has 1 aromatic rings. The fraction of sp³-hybridized carbons (Fsp3) is 0.250. The zero-order chi connectivity index (χ0) is 15.6. The van der Waals surface area contributed by atoms with Gasteiger partial charge in [-0.25, -0.2) is 0 Å². The molecule has 0 saturated carbocycles. The van der Waals surface area contributed by atoms with E-state index in [1.165, 1.54) is 18.2 Å². The summed E-state index contributed by atoms with van der Waals surface area (Å²) in [7, 11) is 0. The third kappa shape index (κ3) is 1.56. The van der Waals surface area contributed by atoms with Gasteiger partial charge < -0.3 is 30.3 Å². The second-order valence-corrected chi connectivity index (χ2v) is 5.80. The number of ether oxygens (including phenoxy) is 1. The molecule has 2 unspecified atom stereocenters. The van der Waals surface area contributed by atoms with Gasteiger partial charge in [0, 0.05) is 17.6 Å². The lowest BCUT2D eigenvalue weighted by Crippen LogP contribution is -2.39. The summed E-state index contributed by atoms with van der Waals surface area (Å²) in [6, 6.07) is 2.81. The maximum Gasteiger partial charge on any atom is 0.168 e. The number of phenolic OH excluding ortho intramolecular Hbond substituents is 2. The number of hydrogen-bond donors (Lipinski definition) is 5. The quantitative estimate of drug-likeness (QED) is 0.455. The Morgan fingerprint density at radius 1 is 1.14 bits per heavy atom. The highest BCUT2D eigenvalue weighted by Crippen LogP contribution is 2.50. The van der Waals surface area contributed by atoms with E-state index in [0.717, 1.165) is 0 Å². The first-order valence-electron chi connectivity index (χ1n) is 6.85. The van der Waals surface area contributed by atoms with Crippen molar-refractivity contribution >= 4 is 5.57 Å². The topological polar surface area (TPSA) is 110 Å². The molecule has 5 N–H and O–H groups in total. The first kappa shape index (κ1) is 13.2. The summed E-state index contributed by atoms with van der Waals surface area (Å²) in [5.74, 6) is -0.698. The maximum atomic E-state index is 10.9. The lowest BCUT2D eigenvalue weighted by Gasteiger charge is -2.34. The van der Waals surface area contributed by atoms with Crippen LogP contribution >= 0.6 is 0 Å². The normalized spacial score (nSPS) is 29.1. The van der Waals surface area contributed by atoms with Gasteiger partial charge in [0.2, 0.25) is 0 Å². The third-order valence-corrected chi connectivity index (χ3v) is 4.35. The van der Waals surface area contributed by atoms with Gasteiger partial charge in [-0.1, -0.05) is 6.08 Å². The van der Waals surface area contributed by atoms with Crippen molar-refractivity contribution < 1.29 is 30.3 Å². The third-order valence-electron chi connectivity index (χ3n) is 4.35. The van der Waals surface area contributed by atoms with Gasteiger partial charge in [0.05, 0.1) is 0 Å². The molecule has 0 bridgehead atoms. The maximum absolute atomic E-state index is 10.9. The second kappa shape index (κ2) is 4.06. The fourth-order valence-electron chi connectivity index (χ4n) is 3.34. The van der Waals surface area contributed by atoms with Gasteiger partial charge in [0.15, 0.2) is 23.0 Å². The molecule has 3 aliphatic rings. The summed E-state index contributed by atoms with van der Waals surface area (Å²) in [5, 5.41) is 49.9. The summed E-state index contributed by atoms with van der Waals surface area (Å²) in [6.07, 6.45) is 2.08. The number of aliphatic hydroxyl groups is 3. The van der Waals surface area contributed by atoms with Gasteiger partial charge in [0.25, 0.3) is 0 Å². The first-order chi connectivity index (χ1) is 10.4. The van der Waals surface area contributed by atoms with E-state index in [0.29, 0.717) is 22.3 Å². The van der Waals surface area contributed by atoms with E-state index in [4.69, 9.17) is 4.74 Å². The molecule has 1 aromatic carbocycles. The molecule has 1 heterocycles. The molecule has 1 aliphatic heterocycles. The minimum absolute atomic E-state index is 0.0814. The highest BCUT2D eigenvalue weighted by Gasteiger charge is 2.47. The molecule has 0 amide bonds. The summed E-state index contributed by atoms with van der Waals surface area (Å²) in [6.45, 7) is -0.0814. The minimum Gasteiger partial charge on any atom is -0.506 e. The zero-order valence-electron chi connectivity index (χ0n) is 11.4. The Labute approximate surface area is 125 Å². The molecule has 4 rings (SSSR count). The van der Waals surface area contributed by atoms with Gasteiger partial charge in [-0.3, -0.25) is 0 Å². The van der Waals surface area contributed by atoms with E-state index in [1.54, 1.807) is 6.08 Å². The number of fused-ring (bicyclic) bond motifs is 4. The lowest BCUT2D eigenvalue weighted by molar-refractivity contribution is 0.0112. The van der Waals surface area contributed by atoms with Crippen LogP contribution in [0.1, 0.15) is 11.1 Å². The van der Waals surface area contributed by atoms with Crippen LogP contribution in [0.5, 0.6) is 11.5 Å². The summed E-state index contributed by atoms with van der Waals surface area (Å²) in [4.78, 5) is 0. The number of rotatable bonds is 0. The average molecular weight is 302 g/mol. The van der Waals surface area contributed by atoms with Gasteiger partial charge in [-0.05, 0) is 29.3 Å². The number of hydrogen-bond acceptors (Lipinski definition) is 6. The highest BCUT2D eigenvalue weighted by molar-refractivity contribution is 5.87. The Kier molecular flexibility index (Phi) is 2.44. The van der Waals surface area contributed by atoms with Crippen molar-refractivity contribution in [2.45, 2.75) is 18.1 Å². The number of phenols is 2. The van der Waals surface area contributed by atoms with Gasteiger partial charge >= 0.3 is 0 Å². The Morgan fingerprint density at radius 3 is 2.64 bits per heavy atom. The Balaban J connectivity index is 2.02. The molecule has 114 valence electrons.